The molecule has 0 atom stereocenters. The molecule has 0 aromatic heterocycles. The highest BCUT2D eigenvalue weighted by Gasteiger charge is 2.36. The van der Waals surface area contributed by atoms with Crippen molar-refractivity contribution in [2.45, 2.75) is 44.9 Å². The average Bonchev–Trinajstić information content (AvgIpc) is 3.35. The highest BCUT2D eigenvalue weighted by Crippen LogP contribution is 2.52. The third-order valence-electron chi connectivity index (χ3n) is 10.8. The lowest BCUT2D eigenvalue weighted by molar-refractivity contribution is 0.660. The van der Waals surface area contributed by atoms with Gasteiger partial charge in [0.1, 0.15) is 0 Å². The average molecular weight is 618 g/mol. The third-order valence-corrected chi connectivity index (χ3v) is 10.8. The van der Waals surface area contributed by atoms with Crippen molar-refractivity contribution in [2.24, 2.45) is 0 Å². The van der Waals surface area contributed by atoms with Gasteiger partial charge in [-0.2, -0.15) is 0 Å². The zero-order chi connectivity index (χ0) is 32.2. The van der Waals surface area contributed by atoms with E-state index in [1.165, 1.54) is 83.5 Å². The Balaban J connectivity index is 1.22. The summed E-state index contributed by atoms with van der Waals surface area (Å²) in [6.45, 7) is 4.79. The largest absolute Gasteiger partial charge is 0.310 e. The molecule has 5 aliphatic rings. The molecule has 5 aliphatic carbocycles. The molecule has 1 nitrogen and oxygen atoms in total. The molecule has 0 radical (unpaired) electrons. The van der Waals surface area contributed by atoms with Gasteiger partial charge in [0.05, 0.1) is 5.69 Å². The van der Waals surface area contributed by atoms with Gasteiger partial charge in [0, 0.05) is 22.2 Å². The minimum atomic E-state index is -0.136. The van der Waals surface area contributed by atoms with Crippen LogP contribution in [-0.2, 0) is 31.1 Å². The Kier molecular flexibility index (Phi) is 6.83. The number of benzene rings is 7. The molecule has 4 bridgehead atoms. The zero-order valence-corrected chi connectivity index (χ0v) is 27.7. The maximum Gasteiger partial charge on any atom is 0.0540 e. The van der Waals surface area contributed by atoms with Crippen molar-refractivity contribution in [3.63, 3.8) is 0 Å². The molecule has 0 spiro atoms. The van der Waals surface area contributed by atoms with Crippen LogP contribution in [0.5, 0.6) is 0 Å². The van der Waals surface area contributed by atoms with Crippen molar-refractivity contribution in [1.29, 1.82) is 0 Å². The molecule has 0 N–H and O–H groups in total. The Morgan fingerprint density at radius 2 is 1.10 bits per heavy atom. The molecule has 0 heterocycles. The topological polar surface area (TPSA) is 3.24 Å². The molecule has 1 heteroatoms. The normalized spacial score (nSPS) is 14.3. The van der Waals surface area contributed by atoms with Crippen LogP contribution in [0.2, 0.25) is 0 Å². The van der Waals surface area contributed by atoms with E-state index in [2.05, 4.69) is 170 Å². The minimum Gasteiger partial charge on any atom is -0.310 e. The first-order valence-electron chi connectivity index (χ1n) is 17.4. The smallest absolute Gasteiger partial charge is 0.0540 e. The number of nitrogens with zero attached hydrogens (tertiary/aromatic N) is 1. The molecule has 0 fully saturated rings. The van der Waals surface area contributed by atoms with Gasteiger partial charge in [-0.05, 0) is 117 Å². The zero-order valence-electron chi connectivity index (χ0n) is 27.7. The molecule has 7 aromatic carbocycles. The maximum atomic E-state index is 2.56. The van der Waals surface area contributed by atoms with Crippen molar-refractivity contribution < 1.29 is 0 Å². The number of hydrogen-bond acceptors (Lipinski definition) is 1. The first-order valence-corrected chi connectivity index (χ1v) is 17.4. The van der Waals surface area contributed by atoms with E-state index in [-0.39, 0.29) is 5.41 Å². The van der Waals surface area contributed by atoms with Crippen LogP contribution in [0.15, 0.2) is 152 Å². The first-order chi connectivity index (χ1) is 23.5. The van der Waals surface area contributed by atoms with Gasteiger partial charge in [-0.25, -0.2) is 0 Å². The fraction of sp³-hybridized carbons (Fsp3) is 0.149. The Labute approximate surface area is 284 Å². The number of anilines is 3. The fourth-order valence-electron chi connectivity index (χ4n) is 8.11. The lowest BCUT2D eigenvalue weighted by atomic mass is 9.81. The Morgan fingerprint density at radius 1 is 0.458 bits per heavy atom. The van der Waals surface area contributed by atoms with Crippen molar-refractivity contribution in [3.8, 4) is 22.3 Å². The standard InChI is InChI=1S/C47H39N/c1-47(2)43-30-38(35-9-4-3-5-10-35)25-27-41(43)42-28-26-39(31-44(42)47)48(45-14-8-12-36-11-6-7-13-40(36)45)46-29-34-20-19-32-15-17-33(18-16-32)21-23-37(46)24-22-34/h3-18,22,24-31H,19-21,23H2,1-2H3. The molecule has 12 rings (SSSR count). The van der Waals surface area contributed by atoms with Gasteiger partial charge in [0.2, 0.25) is 0 Å². The molecule has 0 aliphatic heterocycles. The van der Waals surface area contributed by atoms with Gasteiger partial charge in [-0.15, -0.1) is 0 Å². The molecule has 232 valence electrons. The van der Waals surface area contributed by atoms with E-state index >= 15 is 0 Å². The van der Waals surface area contributed by atoms with Crippen LogP contribution in [0, 0.1) is 0 Å². The third kappa shape index (κ3) is 4.85. The molecule has 7 aromatic rings. The van der Waals surface area contributed by atoms with Crippen LogP contribution in [0.1, 0.15) is 47.2 Å². The highest BCUT2D eigenvalue weighted by atomic mass is 15.1. The van der Waals surface area contributed by atoms with Crippen LogP contribution >= 0.6 is 0 Å². The molecular formula is C47H39N. The van der Waals surface area contributed by atoms with E-state index in [9.17, 15) is 0 Å². The summed E-state index contributed by atoms with van der Waals surface area (Å²) in [5.41, 5.74) is 17.2. The summed E-state index contributed by atoms with van der Waals surface area (Å²) in [4.78, 5) is 2.56. The van der Waals surface area contributed by atoms with E-state index in [1.807, 2.05) is 0 Å². The van der Waals surface area contributed by atoms with Crippen molar-refractivity contribution in [3.05, 3.63) is 185 Å². The van der Waals surface area contributed by atoms with Crippen LogP contribution < -0.4 is 4.90 Å². The van der Waals surface area contributed by atoms with Gasteiger partial charge in [-0.1, -0.05) is 135 Å². The summed E-state index contributed by atoms with van der Waals surface area (Å²) in [6.07, 6.45) is 4.07. The van der Waals surface area contributed by atoms with Gasteiger partial charge >= 0.3 is 0 Å². The monoisotopic (exact) mass is 617 g/mol. The van der Waals surface area contributed by atoms with Crippen LogP contribution in [0.25, 0.3) is 33.0 Å². The van der Waals surface area contributed by atoms with E-state index < -0.39 is 0 Å². The van der Waals surface area contributed by atoms with Crippen molar-refractivity contribution in [1.82, 2.24) is 0 Å². The molecule has 0 saturated carbocycles. The van der Waals surface area contributed by atoms with E-state index in [4.69, 9.17) is 0 Å². The van der Waals surface area contributed by atoms with Gasteiger partial charge < -0.3 is 4.90 Å². The second-order valence-electron chi connectivity index (χ2n) is 14.1. The molecular weight excluding hydrogens is 579 g/mol. The fourth-order valence-corrected chi connectivity index (χ4v) is 8.11. The molecule has 0 unspecified atom stereocenters. The first kappa shape index (κ1) is 28.8. The van der Waals surface area contributed by atoms with Gasteiger partial charge in [-0.3, -0.25) is 0 Å². The summed E-state index contributed by atoms with van der Waals surface area (Å²) in [5, 5.41) is 2.52. The van der Waals surface area contributed by atoms with Crippen LogP contribution in [-0.4, -0.2) is 0 Å². The summed E-state index contributed by atoms with van der Waals surface area (Å²) in [5.74, 6) is 0. The van der Waals surface area contributed by atoms with Gasteiger partial charge in [0.15, 0.2) is 0 Å². The Hall–Kier alpha value is -5.40. The van der Waals surface area contributed by atoms with Crippen LogP contribution in [0.3, 0.4) is 0 Å². The maximum absolute atomic E-state index is 2.56. The second-order valence-corrected chi connectivity index (χ2v) is 14.1. The SMILES string of the molecule is CC1(C)c2cc(-c3ccccc3)ccc2-c2ccc(N(c3cc4ccc3CCc3ccc(cc3)CC4)c3cccc4ccccc34)cc21. The number of rotatable bonds is 4. The van der Waals surface area contributed by atoms with E-state index in [0.717, 1.165) is 25.7 Å². The number of aryl methyl sites for hydroxylation is 4. The van der Waals surface area contributed by atoms with E-state index in [0.29, 0.717) is 0 Å². The van der Waals surface area contributed by atoms with Crippen molar-refractivity contribution in [2.75, 3.05) is 4.90 Å². The molecule has 48 heavy (non-hydrogen) atoms. The second kappa shape index (κ2) is 11.4. The molecule has 0 amide bonds. The summed E-state index contributed by atoms with van der Waals surface area (Å²) in [7, 11) is 0. The van der Waals surface area contributed by atoms with Crippen molar-refractivity contribution >= 4 is 27.8 Å². The quantitative estimate of drug-likeness (QED) is 0.190. The number of hydrogen-bond donors (Lipinski definition) is 0. The lowest BCUT2D eigenvalue weighted by Crippen LogP contribution is -2.17. The van der Waals surface area contributed by atoms with Crippen LogP contribution in [0.4, 0.5) is 17.1 Å². The summed E-state index contributed by atoms with van der Waals surface area (Å²) >= 11 is 0. The lowest BCUT2D eigenvalue weighted by Gasteiger charge is -2.31. The minimum absolute atomic E-state index is 0.136. The Morgan fingerprint density at radius 3 is 1.92 bits per heavy atom. The Bertz CT molecular complexity index is 2300. The highest BCUT2D eigenvalue weighted by molar-refractivity contribution is 6.00. The summed E-state index contributed by atoms with van der Waals surface area (Å²) in [6, 6.07) is 57.1. The predicted octanol–water partition coefficient (Wildman–Crippen LogP) is 12.2. The van der Waals surface area contributed by atoms with Gasteiger partial charge in [0.25, 0.3) is 0 Å². The van der Waals surface area contributed by atoms with E-state index in [1.54, 1.807) is 0 Å². The number of fused-ring (bicyclic) bond motifs is 4. The predicted molar refractivity (Wildman–Crippen MR) is 203 cm³/mol. The summed E-state index contributed by atoms with van der Waals surface area (Å²) < 4.78 is 0. The molecule has 0 saturated heterocycles.